The standard InChI is InChI=1S/C13H23NO5/c1-3-18-7-8-19-9-11(15)14-6-4-5-13(2,10-14)12(16)17/h3-10H2,1-2H3,(H,16,17). The molecule has 19 heavy (non-hydrogen) atoms. The highest BCUT2D eigenvalue weighted by molar-refractivity contribution is 5.80. The molecule has 110 valence electrons. The molecule has 0 aromatic carbocycles. The van der Waals surface area contributed by atoms with Gasteiger partial charge in [0.15, 0.2) is 0 Å². The fourth-order valence-corrected chi connectivity index (χ4v) is 2.14. The first-order chi connectivity index (χ1) is 8.99. The zero-order chi connectivity index (χ0) is 14.3. The Morgan fingerprint density at radius 2 is 2.00 bits per heavy atom. The van der Waals surface area contributed by atoms with Crippen molar-refractivity contribution in [2.24, 2.45) is 5.41 Å². The minimum Gasteiger partial charge on any atom is -0.481 e. The first-order valence-electron chi connectivity index (χ1n) is 6.66. The van der Waals surface area contributed by atoms with Gasteiger partial charge in [-0.3, -0.25) is 9.59 Å². The number of carbonyl (C=O) groups is 2. The lowest BCUT2D eigenvalue weighted by Crippen LogP contribution is -2.49. The maximum absolute atomic E-state index is 11.9. The van der Waals surface area contributed by atoms with Crippen molar-refractivity contribution in [3.05, 3.63) is 0 Å². The van der Waals surface area contributed by atoms with E-state index in [0.29, 0.717) is 39.2 Å². The van der Waals surface area contributed by atoms with Gasteiger partial charge in [0.25, 0.3) is 0 Å². The Hall–Kier alpha value is -1.14. The van der Waals surface area contributed by atoms with E-state index in [9.17, 15) is 14.7 Å². The summed E-state index contributed by atoms with van der Waals surface area (Å²) in [6.07, 6.45) is 1.32. The zero-order valence-electron chi connectivity index (χ0n) is 11.7. The summed E-state index contributed by atoms with van der Waals surface area (Å²) in [7, 11) is 0. The summed E-state index contributed by atoms with van der Waals surface area (Å²) in [4.78, 5) is 24.7. The molecule has 6 nitrogen and oxygen atoms in total. The van der Waals surface area contributed by atoms with Crippen LogP contribution in [0.3, 0.4) is 0 Å². The smallest absolute Gasteiger partial charge is 0.311 e. The third kappa shape index (κ3) is 4.80. The SMILES string of the molecule is CCOCCOCC(=O)N1CCCC(C)(C(=O)O)C1. The molecule has 1 aliphatic heterocycles. The third-order valence-electron chi connectivity index (χ3n) is 3.37. The fraction of sp³-hybridized carbons (Fsp3) is 0.846. The van der Waals surface area contributed by atoms with Gasteiger partial charge in [0.05, 0.1) is 18.6 Å². The van der Waals surface area contributed by atoms with Crippen LogP contribution in [0.15, 0.2) is 0 Å². The Bertz CT molecular complexity index is 320. The fourth-order valence-electron chi connectivity index (χ4n) is 2.14. The van der Waals surface area contributed by atoms with Crippen molar-refractivity contribution >= 4 is 11.9 Å². The number of carboxylic acid groups (broad SMARTS) is 1. The summed E-state index contributed by atoms with van der Waals surface area (Å²) in [5.74, 6) is -0.995. The summed E-state index contributed by atoms with van der Waals surface area (Å²) in [5, 5.41) is 9.18. The van der Waals surface area contributed by atoms with E-state index in [2.05, 4.69) is 0 Å². The molecule has 1 aliphatic rings. The van der Waals surface area contributed by atoms with E-state index >= 15 is 0 Å². The Morgan fingerprint density at radius 3 is 2.63 bits per heavy atom. The van der Waals surface area contributed by atoms with E-state index in [1.165, 1.54) is 0 Å². The topological polar surface area (TPSA) is 76.1 Å². The highest BCUT2D eigenvalue weighted by Gasteiger charge is 2.39. The van der Waals surface area contributed by atoms with Crippen LogP contribution >= 0.6 is 0 Å². The Balaban J connectivity index is 2.34. The van der Waals surface area contributed by atoms with E-state index < -0.39 is 11.4 Å². The molecule has 1 rings (SSSR count). The summed E-state index contributed by atoms with van der Waals surface area (Å²) < 4.78 is 10.3. The molecule has 1 saturated heterocycles. The second-order valence-corrected chi connectivity index (χ2v) is 5.03. The van der Waals surface area contributed by atoms with Crippen LogP contribution in [-0.4, -0.2) is 61.4 Å². The lowest BCUT2D eigenvalue weighted by molar-refractivity contribution is -0.154. The first kappa shape index (κ1) is 15.9. The summed E-state index contributed by atoms with van der Waals surface area (Å²) >= 11 is 0. The molecule has 1 fully saturated rings. The molecule has 1 heterocycles. The molecule has 0 aromatic rings. The van der Waals surface area contributed by atoms with E-state index in [1.807, 2.05) is 6.92 Å². The van der Waals surface area contributed by atoms with E-state index in [-0.39, 0.29) is 19.1 Å². The van der Waals surface area contributed by atoms with Crippen LogP contribution in [0.4, 0.5) is 0 Å². The van der Waals surface area contributed by atoms with Gasteiger partial charge in [-0.2, -0.15) is 0 Å². The van der Waals surface area contributed by atoms with Gasteiger partial charge in [0.2, 0.25) is 5.91 Å². The molecule has 1 N–H and O–H groups in total. The second kappa shape index (κ2) is 7.45. The Labute approximate surface area is 113 Å². The molecule has 0 bridgehead atoms. The number of ether oxygens (including phenoxy) is 2. The van der Waals surface area contributed by atoms with Crippen LogP contribution in [-0.2, 0) is 19.1 Å². The monoisotopic (exact) mass is 273 g/mol. The zero-order valence-corrected chi connectivity index (χ0v) is 11.7. The van der Waals surface area contributed by atoms with Gasteiger partial charge in [-0.15, -0.1) is 0 Å². The van der Waals surface area contributed by atoms with Gasteiger partial charge < -0.3 is 19.5 Å². The Kier molecular flexibility index (Phi) is 6.24. The number of carboxylic acids is 1. The third-order valence-corrected chi connectivity index (χ3v) is 3.37. The van der Waals surface area contributed by atoms with Crippen molar-refractivity contribution < 1.29 is 24.2 Å². The minimum absolute atomic E-state index is 0.0111. The van der Waals surface area contributed by atoms with Crippen LogP contribution in [0.1, 0.15) is 26.7 Å². The maximum Gasteiger partial charge on any atom is 0.311 e. The average Bonchev–Trinajstić information content (AvgIpc) is 2.38. The predicted octanol–water partition coefficient (Wildman–Crippen LogP) is 0.753. The van der Waals surface area contributed by atoms with Crippen molar-refractivity contribution in [2.75, 3.05) is 39.5 Å². The molecule has 0 aliphatic carbocycles. The van der Waals surface area contributed by atoms with Gasteiger partial charge in [0, 0.05) is 19.7 Å². The summed E-state index contributed by atoms with van der Waals surface area (Å²) in [5.41, 5.74) is -0.834. The highest BCUT2D eigenvalue weighted by Crippen LogP contribution is 2.29. The van der Waals surface area contributed by atoms with Crippen molar-refractivity contribution in [3.63, 3.8) is 0 Å². The predicted molar refractivity (Wildman–Crippen MR) is 68.9 cm³/mol. The number of nitrogens with zero attached hydrogens (tertiary/aromatic N) is 1. The van der Waals surface area contributed by atoms with Crippen molar-refractivity contribution in [1.29, 1.82) is 0 Å². The molecule has 0 spiro atoms. The molecular weight excluding hydrogens is 250 g/mol. The number of hydrogen-bond donors (Lipinski definition) is 1. The van der Waals surface area contributed by atoms with Gasteiger partial charge in [-0.05, 0) is 26.7 Å². The molecular formula is C13H23NO5. The number of piperidine rings is 1. The average molecular weight is 273 g/mol. The van der Waals surface area contributed by atoms with Crippen LogP contribution in [0, 0.1) is 5.41 Å². The van der Waals surface area contributed by atoms with E-state index in [0.717, 1.165) is 0 Å². The van der Waals surface area contributed by atoms with Crippen LogP contribution < -0.4 is 0 Å². The molecule has 0 saturated carbocycles. The van der Waals surface area contributed by atoms with Gasteiger partial charge in [-0.1, -0.05) is 0 Å². The molecule has 1 atom stereocenters. The maximum atomic E-state index is 11.9. The Morgan fingerprint density at radius 1 is 1.32 bits per heavy atom. The number of hydrogen-bond acceptors (Lipinski definition) is 4. The quantitative estimate of drug-likeness (QED) is 0.693. The normalized spacial score (nSPS) is 23.4. The van der Waals surface area contributed by atoms with Gasteiger partial charge >= 0.3 is 5.97 Å². The van der Waals surface area contributed by atoms with E-state index in [4.69, 9.17) is 9.47 Å². The number of amides is 1. The first-order valence-corrected chi connectivity index (χ1v) is 6.66. The van der Waals surface area contributed by atoms with Crippen molar-refractivity contribution in [3.8, 4) is 0 Å². The van der Waals surface area contributed by atoms with Gasteiger partial charge in [0.1, 0.15) is 6.61 Å². The number of likely N-dealkylation sites (tertiary alicyclic amines) is 1. The lowest BCUT2D eigenvalue weighted by atomic mass is 9.82. The second-order valence-electron chi connectivity index (χ2n) is 5.03. The molecule has 6 heteroatoms. The van der Waals surface area contributed by atoms with Crippen LogP contribution in [0.25, 0.3) is 0 Å². The molecule has 1 unspecified atom stereocenters. The van der Waals surface area contributed by atoms with Crippen molar-refractivity contribution in [2.45, 2.75) is 26.7 Å². The summed E-state index contributed by atoms with van der Waals surface area (Å²) in [6.45, 7) is 5.91. The van der Waals surface area contributed by atoms with Crippen LogP contribution in [0.2, 0.25) is 0 Å². The van der Waals surface area contributed by atoms with Crippen LogP contribution in [0.5, 0.6) is 0 Å². The number of carbonyl (C=O) groups excluding carboxylic acids is 1. The molecule has 0 aromatic heterocycles. The largest absolute Gasteiger partial charge is 0.481 e. The van der Waals surface area contributed by atoms with Crippen molar-refractivity contribution in [1.82, 2.24) is 4.90 Å². The van der Waals surface area contributed by atoms with E-state index in [1.54, 1.807) is 11.8 Å². The van der Waals surface area contributed by atoms with Gasteiger partial charge in [-0.25, -0.2) is 0 Å². The molecule has 1 amide bonds. The highest BCUT2D eigenvalue weighted by atomic mass is 16.5. The number of aliphatic carboxylic acids is 1. The summed E-state index contributed by atoms with van der Waals surface area (Å²) in [6, 6.07) is 0. The molecule has 0 radical (unpaired) electrons. The lowest BCUT2D eigenvalue weighted by Gasteiger charge is -2.37. The number of rotatable bonds is 7. The minimum atomic E-state index is -0.845.